The molecule has 0 aromatic rings. The normalized spacial score (nSPS) is 16.8. The second-order valence-corrected chi connectivity index (χ2v) is 4.98. The van der Waals surface area contributed by atoms with Crippen molar-refractivity contribution >= 4 is 0 Å². The van der Waals surface area contributed by atoms with E-state index in [4.69, 9.17) is 0 Å². The van der Waals surface area contributed by atoms with Gasteiger partial charge in [-0.3, -0.25) is 4.39 Å². The van der Waals surface area contributed by atoms with Crippen molar-refractivity contribution in [3.8, 4) is 0 Å². The van der Waals surface area contributed by atoms with Gasteiger partial charge in [0.2, 0.25) is 0 Å². The first-order valence-electron chi connectivity index (χ1n) is 8.31. The first kappa shape index (κ1) is 33.2. The van der Waals surface area contributed by atoms with Gasteiger partial charge in [-0.25, -0.2) is 4.39 Å². The Kier molecular flexibility index (Phi) is 49.0. The zero-order valence-corrected chi connectivity index (χ0v) is 15.4. The summed E-state index contributed by atoms with van der Waals surface area (Å²) in [6.07, 6.45) is 12.1. The molecule has 0 heterocycles. The van der Waals surface area contributed by atoms with Crippen LogP contribution in [-0.4, -0.2) is 24.3 Å². The van der Waals surface area contributed by atoms with Gasteiger partial charge in [0, 0.05) is 0 Å². The van der Waals surface area contributed by atoms with E-state index in [1.807, 2.05) is 13.8 Å². The second-order valence-electron chi connectivity index (χ2n) is 4.98. The Morgan fingerprint density at radius 2 is 0.955 bits per heavy atom. The molecular weight excluding hydrogens is 286 g/mol. The highest BCUT2D eigenvalue weighted by atomic mass is 19.1. The van der Waals surface area contributed by atoms with E-state index in [1.165, 1.54) is 38.5 Å². The molecule has 2 rings (SSSR count). The van der Waals surface area contributed by atoms with Crippen molar-refractivity contribution in [2.24, 2.45) is 5.92 Å². The van der Waals surface area contributed by atoms with Crippen molar-refractivity contribution in [3.63, 3.8) is 0 Å². The lowest BCUT2D eigenvalue weighted by molar-refractivity contribution is 0.251. The lowest BCUT2D eigenvalue weighted by Gasteiger charge is -2.15. The molecule has 0 aliphatic heterocycles. The van der Waals surface area contributed by atoms with E-state index in [2.05, 4.69) is 20.1 Å². The fraction of sp³-hybridized carbons (Fsp3) is 0.889. The fourth-order valence-corrected chi connectivity index (χ4v) is 2.36. The Bertz CT molecular complexity index is 130. The third-order valence-corrected chi connectivity index (χ3v) is 3.43. The van der Waals surface area contributed by atoms with Gasteiger partial charge in [-0.1, -0.05) is 72.1 Å². The zero-order chi connectivity index (χ0) is 16.2. The molecule has 0 aromatic heterocycles. The van der Waals surface area contributed by atoms with Crippen molar-refractivity contribution in [1.82, 2.24) is 0 Å². The molecule has 2 aliphatic rings. The van der Waals surface area contributed by atoms with Crippen LogP contribution in [0, 0.1) is 5.92 Å². The molecule has 0 saturated heterocycles. The number of alkyl halides is 2. The summed E-state index contributed by atoms with van der Waals surface area (Å²) in [5.74, 6) is 1.04. The quantitative estimate of drug-likeness (QED) is 0.517. The minimum absolute atomic E-state index is 0. The first-order valence-corrected chi connectivity index (χ1v) is 8.31. The molecule has 0 spiro atoms. The highest BCUT2D eigenvalue weighted by molar-refractivity contribution is 4.62. The molecule has 0 atom stereocenters. The first-order chi connectivity index (χ1) is 9.79. The topological polar surface area (TPSA) is 63.0 Å². The highest BCUT2D eigenvalue weighted by Crippen LogP contribution is 2.22. The predicted molar refractivity (Wildman–Crippen MR) is 97.1 cm³/mol. The molecule has 2 nitrogen and oxygen atoms in total. The average Bonchev–Trinajstić information content (AvgIpc) is 2.55. The van der Waals surface area contributed by atoms with Crippen LogP contribution < -0.4 is 0 Å². The van der Waals surface area contributed by atoms with Crippen molar-refractivity contribution in [2.75, 3.05) is 7.18 Å². The smallest absolute Gasteiger partial charge is 0.100 e. The van der Waals surface area contributed by atoms with Crippen LogP contribution in [0.15, 0.2) is 13.2 Å². The summed E-state index contributed by atoms with van der Waals surface area (Å²) in [5.41, 5.74) is 0. The standard InChI is InChI=1S/C7H14.C6H11F.C2H6.C2H4.CH3F.2H2O/c1-7-5-3-2-4-6-7;7-6-4-2-1-3-5-6;3*1-2;;/h7H,2-6H2,1H3;6H,1-5H2;1-2H3;1-2H2;1H3;2*1H2. The molecule has 22 heavy (non-hydrogen) atoms. The Morgan fingerprint density at radius 3 is 1.09 bits per heavy atom. The minimum atomic E-state index is -0.464. The summed E-state index contributed by atoms with van der Waals surface area (Å²) >= 11 is 0. The van der Waals surface area contributed by atoms with Crippen LogP contribution in [0.5, 0.6) is 0 Å². The second kappa shape index (κ2) is 32.5. The molecule has 4 N–H and O–H groups in total. The predicted octanol–water partition coefficient (Wildman–Crippen LogP) is 5.64. The number of halogens is 2. The van der Waals surface area contributed by atoms with E-state index in [-0.39, 0.29) is 11.0 Å². The van der Waals surface area contributed by atoms with Crippen molar-refractivity contribution in [2.45, 2.75) is 91.2 Å². The Hall–Kier alpha value is -0.480. The highest BCUT2D eigenvalue weighted by Gasteiger charge is 2.09. The van der Waals surface area contributed by atoms with Gasteiger partial charge < -0.3 is 11.0 Å². The number of hydrogen-bond donors (Lipinski definition) is 0. The summed E-state index contributed by atoms with van der Waals surface area (Å²) in [6, 6.07) is 0. The molecule has 2 saturated carbocycles. The van der Waals surface area contributed by atoms with Gasteiger partial charge in [0.1, 0.15) is 6.17 Å². The monoisotopic (exact) mass is 328 g/mol. The summed E-state index contributed by atoms with van der Waals surface area (Å²) in [5, 5.41) is 0. The maximum absolute atomic E-state index is 12.2. The molecule has 0 amide bonds. The lowest BCUT2D eigenvalue weighted by atomic mass is 9.91. The zero-order valence-electron chi connectivity index (χ0n) is 15.4. The van der Waals surface area contributed by atoms with E-state index in [1.54, 1.807) is 0 Å². The van der Waals surface area contributed by atoms with Gasteiger partial charge in [0.05, 0.1) is 7.18 Å². The molecule has 2 aliphatic carbocycles. The molecule has 0 radical (unpaired) electrons. The molecule has 0 unspecified atom stereocenters. The molecular formula is C18H42F2O2. The van der Waals surface area contributed by atoms with Gasteiger partial charge in [0.25, 0.3) is 0 Å². The molecule has 4 heteroatoms. The van der Waals surface area contributed by atoms with E-state index in [9.17, 15) is 8.78 Å². The minimum Gasteiger partial charge on any atom is -0.412 e. The van der Waals surface area contributed by atoms with Crippen molar-refractivity contribution in [3.05, 3.63) is 13.2 Å². The molecule has 2 fully saturated rings. The third-order valence-electron chi connectivity index (χ3n) is 3.43. The summed E-state index contributed by atoms with van der Waals surface area (Å²) in [6.45, 7) is 12.4. The van der Waals surface area contributed by atoms with Crippen molar-refractivity contribution < 1.29 is 19.7 Å². The fourth-order valence-electron chi connectivity index (χ4n) is 2.36. The van der Waals surface area contributed by atoms with E-state index >= 15 is 0 Å². The number of rotatable bonds is 0. The summed E-state index contributed by atoms with van der Waals surface area (Å²) in [7, 11) is 0.500. The van der Waals surface area contributed by atoms with Crippen LogP contribution in [0.1, 0.15) is 85.0 Å². The van der Waals surface area contributed by atoms with Gasteiger partial charge in [-0.05, 0) is 18.8 Å². The largest absolute Gasteiger partial charge is 0.412 e. The Morgan fingerprint density at radius 1 is 0.682 bits per heavy atom. The van der Waals surface area contributed by atoms with E-state index in [0.717, 1.165) is 31.6 Å². The molecule has 0 bridgehead atoms. The van der Waals surface area contributed by atoms with Crippen molar-refractivity contribution in [1.29, 1.82) is 0 Å². The average molecular weight is 329 g/mol. The maximum atomic E-state index is 12.2. The van der Waals surface area contributed by atoms with Gasteiger partial charge >= 0.3 is 0 Å². The van der Waals surface area contributed by atoms with Crippen LogP contribution in [0.3, 0.4) is 0 Å². The van der Waals surface area contributed by atoms with Crippen LogP contribution >= 0.6 is 0 Å². The maximum Gasteiger partial charge on any atom is 0.100 e. The summed E-state index contributed by atoms with van der Waals surface area (Å²) < 4.78 is 21.7. The number of hydrogen-bond acceptors (Lipinski definition) is 0. The van der Waals surface area contributed by atoms with Gasteiger partial charge in [-0.15, -0.1) is 13.2 Å². The van der Waals surface area contributed by atoms with Crippen LogP contribution in [0.25, 0.3) is 0 Å². The molecule has 0 aromatic carbocycles. The van der Waals surface area contributed by atoms with Gasteiger partial charge in [0.15, 0.2) is 0 Å². The van der Waals surface area contributed by atoms with E-state index in [0.29, 0.717) is 7.18 Å². The lowest BCUT2D eigenvalue weighted by Crippen LogP contribution is -2.04. The summed E-state index contributed by atoms with van der Waals surface area (Å²) in [4.78, 5) is 0. The third kappa shape index (κ3) is 27.8. The SMILES string of the molecule is C=C.CC.CC1CCCCC1.CF.FC1CCCCC1.O.O. The van der Waals surface area contributed by atoms with Gasteiger partial charge in [-0.2, -0.15) is 0 Å². The van der Waals surface area contributed by atoms with E-state index < -0.39 is 6.17 Å². The van der Waals surface area contributed by atoms with Crippen LogP contribution in [0.2, 0.25) is 0 Å². The van der Waals surface area contributed by atoms with Crippen LogP contribution in [0.4, 0.5) is 8.78 Å². The Balaban J connectivity index is -0.0000000614. The molecule has 140 valence electrons. The Labute approximate surface area is 138 Å². The van der Waals surface area contributed by atoms with Crippen LogP contribution in [-0.2, 0) is 0 Å².